The number of thioether (sulfide) groups is 1. The standard InChI is InChI=1S/C10H13NO2S2/c1-7(12)5-11-9(13)6-15-10(11)8-3-2-4-14-8/h2-4,7,10,12H,5-6H2,1H3/t7-,10-/m1/s1. The summed E-state index contributed by atoms with van der Waals surface area (Å²) in [5.74, 6) is 0.647. The Morgan fingerprint density at radius 2 is 2.53 bits per heavy atom. The van der Waals surface area contributed by atoms with E-state index in [-0.39, 0.29) is 11.3 Å². The first-order chi connectivity index (χ1) is 7.18. The van der Waals surface area contributed by atoms with Gasteiger partial charge in [0, 0.05) is 11.4 Å². The van der Waals surface area contributed by atoms with Gasteiger partial charge in [-0.2, -0.15) is 0 Å². The highest BCUT2D eigenvalue weighted by Crippen LogP contribution is 2.40. The third-order valence-corrected chi connectivity index (χ3v) is 4.53. The van der Waals surface area contributed by atoms with Gasteiger partial charge in [-0.25, -0.2) is 0 Å². The highest BCUT2D eigenvalue weighted by molar-refractivity contribution is 8.00. The van der Waals surface area contributed by atoms with Gasteiger partial charge in [-0.3, -0.25) is 4.79 Å². The minimum Gasteiger partial charge on any atom is -0.392 e. The molecule has 0 unspecified atom stereocenters. The van der Waals surface area contributed by atoms with Gasteiger partial charge in [0.1, 0.15) is 5.37 Å². The van der Waals surface area contributed by atoms with E-state index in [9.17, 15) is 9.90 Å². The van der Waals surface area contributed by atoms with Gasteiger partial charge in [-0.05, 0) is 18.4 Å². The molecule has 1 amide bonds. The fourth-order valence-corrected chi connectivity index (χ4v) is 3.78. The number of amides is 1. The Morgan fingerprint density at radius 1 is 1.73 bits per heavy atom. The summed E-state index contributed by atoms with van der Waals surface area (Å²) in [6, 6.07) is 4.03. The van der Waals surface area contributed by atoms with Crippen molar-refractivity contribution in [2.75, 3.05) is 12.3 Å². The van der Waals surface area contributed by atoms with Gasteiger partial charge in [0.2, 0.25) is 5.91 Å². The Kier molecular flexibility index (Phi) is 3.33. The van der Waals surface area contributed by atoms with E-state index >= 15 is 0 Å². The van der Waals surface area contributed by atoms with Crippen molar-refractivity contribution in [2.24, 2.45) is 0 Å². The van der Waals surface area contributed by atoms with E-state index in [2.05, 4.69) is 0 Å². The summed E-state index contributed by atoms with van der Waals surface area (Å²) < 4.78 is 0. The average Bonchev–Trinajstić information content (AvgIpc) is 2.76. The second-order valence-electron chi connectivity index (χ2n) is 3.57. The van der Waals surface area contributed by atoms with Gasteiger partial charge < -0.3 is 10.0 Å². The molecule has 1 saturated heterocycles. The van der Waals surface area contributed by atoms with E-state index in [1.165, 1.54) is 4.88 Å². The number of aliphatic hydroxyl groups is 1. The Labute approximate surface area is 97.1 Å². The molecule has 2 heterocycles. The predicted molar refractivity (Wildman–Crippen MR) is 62.9 cm³/mol. The van der Waals surface area contributed by atoms with Gasteiger partial charge in [0.25, 0.3) is 0 Å². The molecule has 82 valence electrons. The Morgan fingerprint density at radius 3 is 3.13 bits per heavy atom. The van der Waals surface area contributed by atoms with E-state index < -0.39 is 6.10 Å². The molecule has 1 aromatic rings. The van der Waals surface area contributed by atoms with Crippen LogP contribution in [-0.4, -0.2) is 34.3 Å². The first-order valence-corrected chi connectivity index (χ1v) is 6.74. The third kappa shape index (κ3) is 2.35. The lowest BCUT2D eigenvalue weighted by Crippen LogP contribution is -2.34. The van der Waals surface area contributed by atoms with Gasteiger partial charge in [-0.15, -0.1) is 23.1 Å². The molecule has 2 atom stereocenters. The summed E-state index contributed by atoms with van der Waals surface area (Å²) in [6.45, 7) is 2.14. The smallest absolute Gasteiger partial charge is 0.233 e. The number of nitrogens with zero attached hydrogens (tertiary/aromatic N) is 1. The topological polar surface area (TPSA) is 40.5 Å². The molecular weight excluding hydrogens is 230 g/mol. The summed E-state index contributed by atoms with van der Waals surface area (Å²) in [7, 11) is 0. The van der Waals surface area contributed by atoms with Crippen LogP contribution in [0.15, 0.2) is 17.5 Å². The molecule has 3 nitrogen and oxygen atoms in total. The molecule has 1 aromatic heterocycles. The van der Waals surface area contributed by atoms with E-state index in [0.29, 0.717) is 12.3 Å². The molecular formula is C10H13NO2S2. The maximum atomic E-state index is 11.6. The highest BCUT2D eigenvalue weighted by Gasteiger charge is 2.33. The predicted octanol–water partition coefficient (Wildman–Crippen LogP) is 1.70. The van der Waals surface area contributed by atoms with Gasteiger partial charge in [0.05, 0.1) is 11.9 Å². The van der Waals surface area contributed by atoms with Crippen molar-refractivity contribution in [2.45, 2.75) is 18.4 Å². The van der Waals surface area contributed by atoms with Crippen molar-refractivity contribution >= 4 is 29.0 Å². The number of carbonyl (C=O) groups excluding carboxylic acids is 1. The SMILES string of the molecule is C[C@@H](O)CN1C(=O)CS[C@@H]1c1cccs1. The van der Waals surface area contributed by atoms with Crippen LogP contribution in [0.1, 0.15) is 17.2 Å². The summed E-state index contributed by atoms with van der Waals surface area (Å²) in [6.07, 6.45) is -0.463. The Hall–Kier alpha value is -0.520. The second-order valence-corrected chi connectivity index (χ2v) is 5.62. The van der Waals surface area contributed by atoms with Crippen LogP contribution in [-0.2, 0) is 4.79 Å². The van der Waals surface area contributed by atoms with Gasteiger partial charge in [0.15, 0.2) is 0 Å². The lowest BCUT2D eigenvalue weighted by atomic mass is 10.3. The van der Waals surface area contributed by atoms with Crippen LogP contribution < -0.4 is 0 Å². The van der Waals surface area contributed by atoms with E-state index in [4.69, 9.17) is 0 Å². The van der Waals surface area contributed by atoms with Crippen LogP contribution in [0.2, 0.25) is 0 Å². The maximum absolute atomic E-state index is 11.6. The van der Waals surface area contributed by atoms with Crippen LogP contribution in [0, 0.1) is 0 Å². The van der Waals surface area contributed by atoms with E-state index in [1.807, 2.05) is 17.5 Å². The van der Waals surface area contributed by atoms with Crippen LogP contribution in [0.25, 0.3) is 0 Å². The molecule has 15 heavy (non-hydrogen) atoms. The molecule has 1 N–H and O–H groups in total. The zero-order chi connectivity index (χ0) is 10.8. The molecule has 0 spiro atoms. The average molecular weight is 243 g/mol. The summed E-state index contributed by atoms with van der Waals surface area (Å²) in [4.78, 5) is 14.6. The molecule has 0 bridgehead atoms. The molecule has 0 aromatic carbocycles. The molecule has 1 aliphatic heterocycles. The summed E-state index contributed by atoms with van der Waals surface area (Å²) in [5.41, 5.74) is 0. The number of aliphatic hydroxyl groups excluding tert-OH is 1. The normalized spacial score (nSPS) is 23.5. The van der Waals surface area contributed by atoms with Crippen molar-refractivity contribution < 1.29 is 9.90 Å². The third-order valence-electron chi connectivity index (χ3n) is 2.22. The summed E-state index contributed by atoms with van der Waals surface area (Å²) >= 11 is 3.29. The highest BCUT2D eigenvalue weighted by atomic mass is 32.2. The van der Waals surface area contributed by atoms with E-state index in [1.54, 1.807) is 34.9 Å². The quantitative estimate of drug-likeness (QED) is 0.878. The number of rotatable bonds is 3. The van der Waals surface area contributed by atoms with Crippen LogP contribution in [0.4, 0.5) is 0 Å². The number of hydrogen-bond acceptors (Lipinski definition) is 4. The molecule has 1 aliphatic rings. The number of β-amino-alcohol motifs (C(OH)–C–C–N with tert-alkyl or cyclic N) is 1. The Bertz CT molecular complexity index is 337. The zero-order valence-corrected chi connectivity index (χ0v) is 10.1. The van der Waals surface area contributed by atoms with Crippen molar-refractivity contribution in [3.63, 3.8) is 0 Å². The Balaban J connectivity index is 2.14. The summed E-state index contributed by atoms with van der Waals surface area (Å²) in [5, 5.41) is 11.5. The second kappa shape index (κ2) is 4.55. The van der Waals surface area contributed by atoms with Crippen LogP contribution in [0.5, 0.6) is 0 Å². The fraction of sp³-hybridized carbons (Fsp3) is 0.500. The van der Waals surface area contributed by atoms with Crippen molar-refractivity contribution in [1.82, 2.24) is 4.90 Å². The van der Waals surface area contributed by atoms with Crippen molar-refractivity contribution in [3.05, 3.63) is 22.4 Å². The van der Waals surface area contributed by atoms with Gasteiger partial charge in [-0.1, -0.05) is 6.07 Å². The van der Waals surface area contributed by atoms with Crippen LogP contribution in [0.3, 0.4) is 0 Å². The van der Waals surface area contributed by atoms with Crippen molar-refractivity contribution in [1.29, 1.82) is 0 Å². The molecule has 0 radical (unpaired) electrons. The largest absolute Gasteiger partial charge is 0.392 e. The molecule has 2 rings (SSSR count). The molecule has 0 aliphatic carbocycles. The minimum atomic E-state index is -0.463. The number of thiophene rings is 1. The number of hydrogen-bond donors (Lipinski definition) is 1. The first-order valence-electron chi connectivity index (χ1n) is 4.81. The fourth-order valence-electron chi connectivity index (χ4n) is 1.60. The molecule has 5 heteroatoms. The molecule has 0 saturated carbocycles. The van der Waals surface area contributed by atoms with Crippen LogP contribution >= 0.6 is 23.1 Å². The number of carbonyl (C=O) groups is 1. The monoisotopic (exact) mass is 243 g/mol. The lowest BCUT2D eigenvalue weighted by molar-refractivity contribution is -0.129. The van der Waals surface area contributed by atoms with E-state index in [0.717, 1.165) is 0 Å². The maximum Gasteiger partial charge on any atom is 0.233 e. The van der Waals surface area contributed by atoms with Gasteiger partial charge >= 0.3 is 0 Å². The van der Waals surface area contributed by atoms with Crippen molar-refractivity contribution in [3.8, 4) is 0 Å². The molecule has 1 fully saturated rings. The first kappa shape index (κ1) is 11.0. The zero-order valence-electron chi connectivity index (χ0n) is 8.42. The lowest BCUT2D eigenvalue weighted by Gasteiger charge is -2.24. The minimum absolute atomic E-state index is 0.104.